The minimum absolute atomic E-state index is 0.588. The summed E-state index contributed by atoms with van der Waals surface area (Å²) in [6.07, 6.45) is 5.84. The molecule has 2 heterocycles. The highest BCUT2D eigenvalue weighted by atomic mass is 15.2. The van der Waals surface area contributed by atoms with Crippen molar-refractivity contribution < 1.29 is 0 Å². The molecular formula is C14H26N4. The van der Waals surface area contributed by atoms with Crippen LogP contribution in [-0.4, -0.2) is 40.1 Å². The van der Waals surface area contributed by atoms with E-state index in [1.807, 2.05) is 0 Å². The highest BCUT2D eigenvalue weighted by molar-refractivity contribution is 5.30. The summed E-state index contributed by atoms with van der Waals surface area (Å²) in [6, 6.07) is 0.588. The minimum Gasteiger partial charge on any atom is -0.353 e. The van der Waals surface area contributed by atoms with E-state index in [1.54, 1.807) is 0 Å². The van der Waals surface area contributed by atoms with Crippen molar-refractivity contribution in [3.63, 3.8) is 0 Å². The summed E-state index contributed by atoms with van der Waals surface area (Å²) in [5, 5.41) is 3.61. The number of aryl methyl sites for hydroxylation is 2. The quantitative estimate of drug-likeness (QED) is 0.871. The molecule has 0 bridgehead atoms. The fourth-order valence-electron chi connectivity index (χ4n) is 2.70. The standard InChI is InChI=1S/C14H26N4/c1-4-8-17-9-6-13(7-10-17)16-14-15-12(3)11-18(14)5-2/h11,13H,4-10H2,1-3H3,(H,15,16). The van der Waals surface area contributed by atoms with E-state index in [0.717, 1.165) is 18.2 Å². The molecule has 1 N–H and O–H groups in total. The third-order valence-corrected chi connectivity index (χ3v) is 3.70. The third-order valence-electron chi connectivity index (χ3n) is 3.70. The van der Waals surface area contributed by atoms with E-state index in [4.69, 9.17) is 0 Å². The molecule has 4 nitrogen and oxygen atoms in total. The monoisotopic (exact) mass is 250 g/mol. The van der Waals surface area contributed by atoms with Crippen LogP contribution in [0.15, 0.2) is 6.20 Å². The summed E-state index contributed by atoms with van der Waals surface area (Å²) in [7, 11) is 0. The van der Waals surface area contributed by atoms with E-state index in [2.05, 4.69) is 46.7 Å². The molecule has 2 rings (SSSR count). The molecule has 1 aliphatic rings. The zero-order valence-corrected chi connectivity index (χ0v) is 11.9. The van der Waals surface area contributed by atoms with E-state index in [9.17, 15) is 0 Å². The van der Waals surface area contributed by atoms with Gasteiger partial charge in [-0.05, 0) is 39.7 Å². The second-order valence-corrected chi connectivity index (χ2v) is 5.25. The van der Waals surface area contributed by atoms with Crippen molar-refractivity contribution in [2.45, 2.75) is 52.6 Å². The predicted octanol–water partition coefficient (Wildman–Crippen LogP) is 2.50. The van der Waals surface area contributed by atoms with Gasteiger partial charge in [0.25, 0.3) is 0 Å². The van der Waals surface area contributed by atoms with Gasteiger partial charge in [-0.2, -0.15) is 0 Å². The van der Waals surface area contributed by atoms with Crippen molar-refractivity contribution in [3.05, 3.63) is 11.9 Å². The van der Waals surface area contributed by atoms with Gasteiger partial charge < -0.3 is 14.8 Å². The molecule has 0 unspecified atom stereocenters. The zero-order chi connectivity index (χ0) is 13.0. The van der Waals surface area contributed by atoms with Crippen LogP contribution in [0.2, 0.25) is 0 Å². The molecule has 1 aliphatic heterocycles. The number of hydrogen-bond acceptors (Lipinski definition) is 3. The summed E-state index contributed by atoms with van der Waals surface area (Å²) in [6.45, 7) is 11.1. The van der Waals surface area contributed by atoms with Crippen molar-refractivity contribution >= 4 is 5.95 Å². The zero-order valence-electron chi connectivity index (χ0n) is 11.9. The Balaban J connectivity index is 1.87. The van der Waals surface area contributed by atoms with Crippen LogP contribution in [0.5, 0.6) is 0 Å². The predicted molar refractivity (Wildman–Crippen MR) is 76.0 cm³/mol. The molecule has 0 aliphatic carbocycles. The van der Waals surface area contributed by atoms with E-state index >= 15 is 0 Å². The van der Waals surface area contributed by atoms with Crippen LogP contribution in [0.25, 0.3) is 0 Å². The third kappa shape index (κ3) is 3.25. The minimum atomic E-state index is 0.588. The van der Waals surface area contributed by atoms with Crippen LogP contribution in [0.4, 0.5) is 5.95 Å². The summed E-state index contributed by atoms with van der Waals surface area (Å²) in [4.78, 5) is 7.13. The van der Waals surface area contributed by atoms with Crippen LogP contribution >= 0.6 is 0 Å². The lowest BCUT2D eigenvalue weighted by molar-refractivity contribution is 0.219. The van der Waals surface area contributed by atoms with Gasteiger partial charge in [-0.1, -0.05) is 6.92 Å². The number of likely N-dealkylation sites (tertiary alicyclic amines) is 1. The molecule has 0 radical (unpaired) electrons. The van der Waals surface area contributed by atoms with Crippen molar-refractivity contribution in [3.8, 4) is 0 Å². The lowest BCUT2D eigenvalue weighted by Gasteiger charge is -2.32. The van der Waals surface area contributed by atoms with Crippen molar-refractivity contribution in [2.24, 2.45) is 0 Å². The van der Waals surface area contributed by atoms with Crippen molar-refractivity contribution in [1.29, 1.82) is 0 Å². The first kappa shape index (κ1) is 13.4. The van der Waals surface area contributed by atoms with Crippen LogP contribution in [-0.2, 0) is 6.54 Å². The molecule has 102 valence electrons. The molecule has 0 amide bonds. The molecule has 4 heteroatoms. The number of anilines is 1. The fraction of sp³-hybridized carbons (Fsp3) is 0.786. The smallest absolute Gasteiger partial charge is 0.203 e. The van der Waals surface area contributed by atoms with Gasteiger partial charge in [0, 0.05) is 31.9 Å². The second kappa shape index (κ2) is 6.23. The molecule has 1 saturated heterocycles. The van der Waals surface area contributed by atoms with E-state index < -0.39 is 0 Å². The molecule has 0 spiro atoms. The van der Waals surface area contributed by atoms with Crippen LogP contribution in [0.3, 0.4) is 0 Å². The maximum Gasteiger partial charge on any atom is 0.203 e. The van der Waals surface area contributed by atoms with Crippen LogP contribution < -0.4 is 5.32 Å². The highest BCUT2D eigenvalue weighted by Crippen LogP contribution is 2.16. The Morgan fingerprint density at radius 1 is 1.33 bits per heavy atom. The number of hydrogen-bond donors (Lipinski definition) is 1. The molecule has 1 aromatic heterocycles. The molecule has 0 atom stereocenters. The van der Waals surface area contributed by atoms with Gasteiger partial charge in [-0.25, -0.2) is 4.98 Å². The van der Waals surface area contributed by atoms with Gasteiger partial charge in [-0.15, -0.1) is 0 Å². The molecular weight excluding hydrogens is 224 g/mol. The summed E-state index contributed by atoms with van der Waals surface area (Å²) < 4.78 is 2.20. The Hall–Kier alpha value is -1.03. The Morgan fingerprint density at radius 3 is 2.67 bits per heavy atom. The van der Waals surface area contributed by atoms with Gasteiger partial charge in [0.15, 0.2) is 0 Å². The van der Waals surface area contributed by atoms with E-state index in [-0.39, 0.29) is 0 Å². The Bertz CT molecular complexity index is 364. The summed E-state index contributed by atoms with van der Waals surface area (Å²) in [5.74, 6) is 1.05. The Morgan fingerprint density at radius 2 is 2.06 bits per heavy atom. The molecule has 1 aromatic rings. The first-order valence-electron chi connectivity index (χ1n) is 7.25. The summed E-state index contributed by atoms with van der Waals surface area (Å²) in [5.41, 5.74) is 1.10. The van der Waals surface area contributed by atoms with Crippen molar-refractivity contribution in [2.75, 3.05) is 25.0 Å². The van der Waals surface area contributed by atoms with Crippen LogP contribution in [0, 0.1) is 6.92 Å². The number of rotatable bonds is 5. The SMILES string of the molecule is CCCN1CCC(Nc2nc(C)cn2CC)CC1. The number of aromatic nitrogens is 2. The maximum atomic E-state index is 4.57. The Labute approximate surface area is 110 Å². The van der Waals surface area contributed by atoms with E-state index in [0.29, 0.717) is 6.04 Å². The number of nitrogens with one attached hydrogen (secondary N) is 1. The number of piperidine rings is 1. The first-order valence-corrected chi connectivity index (χ1v) is 7.25. The topological polar surface area (TPSA) is 33.1 Å². The van der Waals surface area contributed by atoms with Crippen molar-refractivity contribution in [1.82, 2.24) is 14.5 Å². The number of imidazole rings is 1. The van der Waals surface area contributed by atoms with Gasteiger partial charge >= 0.3 is 0 Å². The van der Waals surface area contributed by atoms with Crippen LogP contribution in [0.1, 0.15) is 38.8 Å². The van der Waals surface area contributed by atoms with Gasteiger partial charge in [0.1, 0.15) is 0 Å². The maximum absolute atomic E-state index is 4.57. The van der Waals surface area contributed by atoms with E-state index in [1.165, 1.54) is 38.9 Å². The highest BCUT2D eigenvalue weighted by Gasteiger charge is 2.19. The molecule has 18 heavy (non-hydrogen) atoms. The largest absolute Gasteiger partial charge is 0.353 e. The van der Waals surface area contributed by atoms with Gasteiger partial charge in [-0.3, -0.25) is 0 Å². The van der Waals surface area contributed by atoms with Gasteiger partial charge in [0.05, 0.1) is 5.69 Å². The Kier molecular flexibility index (Phi) is 4.64. The lowest BCUT2D eigenvalue weighted by Crippen LogP contribution is -2.39. The first-order chi connectivity index (χ1) is 8.72. The number of nitrogens with zero attached hydrogens (tertiary/aromatic N) is 3. The molecule has 0 saturated carbocycles. The lowest BCUT2D eigenvalue weighted by atomic mass is 10.1. The average Bonchev–Trinajstić information content (AvgIpc) is 2.72. The average molecular weight is 250 g/mol. The normalized spacial score (nSPS) is 18.2. The molecule has 0 aromatic carbocycles. The summed E-state index contributed by atoms with van der Waals surface area (Å²) >= 11 is 0. The van der Waals surface area contributed by atoms with Gasteiger partial charge in [0.2, 0.25) is 5.95 Å². The molecule has 1 fully saturated rings. The second-order valence-electron chi connectivity index (χ2n) is 5.25. The fourth-order valence-corrected chi connectivity index (χ4v) is 2.70.